The molecule has 0 bridgehead atoms. The molecule has 0 saturated heterocycles. The Balaban J connectivity index is 1.86. The minimum Gasteiger partial charge on any atom is -0.395 e. The van der Waals surface area contributed by atoms with Gasteiger partial charge in [0.05, 0.1) is 13.2 Å². The number of carbonyl (C=O) groups excluding carboxylic acids is 1. The van der Waals surface area contributed by atoms with Gasteiger partial charge in [0.2, 0.25) is 5.91 Å². The highest BCUT2D eigenvalue weighted by atomic mass is 32.1. The molecule has 1 aromatic heterocycles. The predicted octanol–water partition coefficient (Wildman–Crippen LogP) is 2.68. The summed E-state index contributed by atoms with van der Waals surface area (Å²) in [5.74, 6) is 6.36. The molecule has 1 saturated carbocycles. The fraction of sp³-hybridized carbons (Fsp3) is 0.562. The van der Waals surface area contributed by atoms with Gasteiger partial charge in [-0.2, -0.15) is 0 Å². The average molecular weight is 291 g/mol. The molecule has 1 heterocycles. The summed E-state index contributed by atoms with van der Waals surface area (Å²) in [4.78, 5) is 13.2. The molecular formula is C16H21NO2S. The fourth-order valence-electron chi connectivity index (χ4n) is 2.48. The zero-order valence-corrected chi connectivity index (χ0v) is 12.5. The van der Waals surface area contributed by atoms with Crippen LogP contribution in [0, 0.1) is 17.8 Å². The number of carbonyl (C=O) groups is 1. The molecular weight excluding hydrogens is 270 g/mol. The van der Waals surface area contributed by atoms with Crippen LogP contribution < -0.4 is 5.32 Å². The molecule has 0 radical (unpaired) electrons. The van der Waals surface area contributed by atoms with E-state index in [4.69, 9.17) is 5.11 Å². The van der Waals surface area contributed by atoms with Gasteiger partial charge >= 0.3 is 0 Å². The van der Waals surface area contributed by atoms with Gasteiger partial charge in [0, 0.05) is 22.8 Å². The monoisotopic (exact) mass is 291 g/mol. The zero-order chi connectivity index (χ0) is 14.2. The molecule has 0 atom stereocenters. The predicted molar refractivity (Wildman–Crippen MR) is 81.3 cm³/mol. The number of rotatable bonds is 4. The van der Waals surface area contributed by atoms with E-state index in [0.717, 1.165) is 23.3 Å². The van der Waals surface area contributed by atoms with E-state index < -0.39 is 0 Å². The first kappa shape index (κ1) is 15.1. The Morgan fingerprint density at radius 3 is 2.95 bits per heavy atom. The van der Waals surface area contributed by atoms with Gasteiger partial charge in [-0.15, -0.1) is 11.3 Å². The van der Waals surface area contributed by atoms with Crippen molar-refractivity contribution in [3.63, 3.8) is 0 Å². The minimum absolute atomic E-state index is 0.0882. The number of hydrogen-bond acceptors (Lipinski definition) is 3. The third kappa shape index (κ3) is 4.36. The summed E-state index contributed by atoms with van der Waals surface area (Å²) in [7, 11) is 0. The molecule has 1 amide bonds. The highest BCUT2D eigenvalue weighted by Crippen LogP contribution is 2.24. The van der Waals surface area contributed by atoms with Gasteiger partial charge in [0.1, 0.15) is 0 Å². The Morgan fingerprint density at radius 2 is 2.20 bits per heavy atom. The van der Waals surface area contributed by atoms with Crippen molar-refractivity contribution < 1.29 is 9.90 Å². The normalized spacial score (nSPS) is 15.4. The number of aliphatic hydroxyl groups excluding tert-OH is 1. The zero-order valence-electron chi connectivity index (χ0n) is 11.7. The molecule has 1 aromatic rings. The lowest BCUT2D eigenvalue weighted by Gasteiger charge is -2.20. The van der Waals surface area contributed by atoms with E-state index in [-0.39, 0.29) is 18.4 Å². The van der Waals surface area contributed by atoms with Crippen molar-refractivity contribution in [3.8, 4) is 11.8 Å². The van der Waals surface area contributed by atoms with Crippen molar-refractivity contribution >= 4 is 17.2 Å². The average Bonchev–Trinajstić information content (AvgIpc) is 2.93. The lowest BCUT2D eigenvalue weighted by atomic mass is 9.89. The van der Waals surface area contributed by atoms with Crippen LogP contribution in [0.1, 0.15) is 49.0 Å². The summed E-state index contributed by atoms with van der Waals surface area (Å²) in [5.41, 5.74) is 0.965. The second-order valence-corrected chi connectivity index (χ2v) is 6.09. The maximum Gasteiger partial charge on any atom is 0.223 e. The van der Waals surface area contributed by atoms with E-state index in [9.17, 15) is 4.79 Å². The Morgan fingerprint density at radius 1 is 1.40 bits per heavy atom. The Bertz CT molecular complexity index is 492. The van der Waals surface area contributed by atoms with Crippen LogP contribution in [0.4, 0.5) is 0 Å². The number of nitrogens with one attached hydrogen (secondary N) is 1. The van der Waals surface area contributed by atoms with Crippen molar-refractivity contribution in [3.05, 3.63) is 21.9 Å². The van der Waals surface area contributed by atoms with Crippen LogP contribution in [0.25, 0.3) is 0 Å². The van der Waals surface area contributed by atoms with Gasteiger partial charge in [-0.3, -0.25) is 4.79 Å². The maximum atomic E-state index is 12.1. The first-order valence-corrected chi connectivity index (χ1v) is 8.13. The summed E-state index contributed by atoms with van der Waals surface area (Å²) in [5, 5.41) is 13.8. The molecule has 2 N–H and O–H groups in total. The summed E-state index contributed by atoms with van der Waals surface area (Å²) < 4.78 is 0. The summed E-state index contributed by atoms with van der Waals surface area (Å²) in [6.45, 7) is 0.654. The summed E-state index contributed by atoms with van der Waals surface area (Å²) in [6.07, 6.45) is 6.16. The van der Waals surface area contributed by atoms with E-state index in [1.54, 1.807) is 11.3 Å². The molecule has 0 unspecified atom stereocenters. The third-order valence-electron chi connectivity index (χ3n) is 3.60. The van der Waals surface area contributed by atoms with Crippen molar-refractivity contribution in [1.82, 2.24) is 5.32 Å². The van der Waals surface area contributed by atoms with Crippen molar-refractivity contribution in [2.24, 2.45) is 5.92 Å². The molecule has 0 aromatic carbocycles. The quantitative estimate of drug-likeness (QED) is 0.838. The van der Waals surface area contributed by atoms with Gasteiger partial charge in [-0.1, -0.05) is 31.1 Å². The van der Waals surface area contributed by atoms with E-state index >= 15 is 0 Å². The van der Waals surface area contributed by atoms with Gasteiger partial charge in [0.15, 0.2) is 0 Å². The largest absolute Gasteiger partial charge is 0.395 e. The molecule has 1 aliphatic rings. The number of aliphatic hydroxyl groups is 1. The topological polar surface area (TPSA) is 49.3 Å². The van der Waals surface area contributed by atoms with Crippen molar-refractivity contribution in [2.45, 2.75) is 45.1 Å². The van der Waals surface area contributed by atoms with E-state index in [1.165, 1.54) is 19.3 Å². The molecule has 108 valence electrons. The van der Waals surface area contributed by atoms with Crippen LogP contribution in [0.15, 0.2) is 11.4 Å². The fourth-order valence-corrected chi connectivity index (χ4v) is 3.25. The van der Waals surface area contributed by atoms with Crippen molar-refractivity contribution in [1.29, 1.82) is 0 Å². The third-order valence-corrected chi connectivity index (χ3v) is 4.53. The maximum absolute atomic E-state index is 12.1. The van der Waals surface area contributed by atoms with Gasteiger partial charge in [-0.05, 0) is 24.3 Å². The number of hydrogen-bond donors (Lipinski definition) is 2. The molecule has 3 nitrogen and oxygen atoms in total. The van der Waals surface area contributed by atoms with E-state index in [1.807, 2.05) is 11.4 Å². The van der Waals surface area contributed by atoms with Gasteiger partial charge < -0.3 is 10.4 Å². The molecule has 0 spiro atoms. The van der Waals surface area contributed by atoms with E-state index in [2.05, 4.69) is 17.2 Å². The summed E-state index contributed by atoms with van der Waals surface area (Å²) >= 11 is 1.62. The lowest BCUT2D eigenvalue weighted by molar-refractivity contribution is -0.126. The molecule has 20 heavy (non-hydrogen) atoms. The lowest BCUT2D eigenvalue weighted by Crippen LogP contribution is -2.31. The smallest absolute Gasteiger partial charge is 0.223 e. The van der Waals surface area contributed by atoms with Crippen LogP contribution >= 0.6 is 11.3 Å². The second kappa shape index (κ2) is 8.08. The van der Waals surface area contributed by atoms with Crippen LogP contribution in [-0.4, -0.2) is 17.6 Å². The van der Waals surface area contributed by atoms with Crippen LogP contribution in [-0.2, 0) is 11.3 Å². The molecule has 4 heteroatoms. The molecule has 0 aliphatic heterocycles. The first-order valence-electron chi connectivity index (χ1n) is 7.25. The second-order valence-electron chi connectivity index (χ2n) is 5.09. The molecule has 2 rings (SSSR count). The van der Waals surface area contributed by atoms with Crippen LogP contribution in [0.3, 0.4) is 0 Å². The van der Waals surface area contributed by atoms with E-state index in [0.29, 0.717) is 13.0 Å². The Labute approximate surface area is 124 Å². The highest BCUT2D eigenvalue weighted by Gasteiger charge is 2.20. The number of amides is 1. The van der Waals surface area contributed by atoms with Crippen LogP contribution in [0.5, 0.6) is 0 Å². The molecule has 1 fully saturated rings. The standard InChI is InChI=1S/C16H21NO2S/c18-10-5-4-6-13-9-11-20-15(13)12-17-16(19)14-7-2-1-3-8-14/h9,11,14,18H,1-3,5,7-8,10,12H2,(H,17,19). The van der Waals surface area contributed by atoms with Gasteiger partial charge in [-0.25, -0.2) is 0 Å². The number of thiophene rings is 1. The van der Waals surface area contributed by atoms with Crippen LogP contribution in [0.2, 0.25) is 0 Å². The minimum atomic E-state index is 0.0882. The molecule has 1 aliphatic carbocycles. The highest BCUT2D eigenvalue weighted by molar-refractivity contribution is 7.10. The first-order chi connectivity index (χ1) is 9.81. The Kier molecular flexibility index (Phi) is 6.10. The SMILES string of the molecule is O=C(NCc1sccc1C#CCCO)C1CCCCC1. The van der Waals surface area contributed by atoms with Gasteiger partial charge in [0.25, 0.3) is 0 Å². The summed E-state index contributed by atoms with van der Waals surface area (Å²) in [6, 6.07) is 1.97. The Hall–Kier alpha value is -1.31. The van der Waals surface area contributed by atoms with Crippen molar-refractivity contribution in [2.75, 3.05) is 6.61 Å².